The summed E-state index contributed by atoms with van der Waals surface area (Å²) in [5.41, 5.74) is 3.66. The van der Waals surface area contributed by atoms with Crippen LogP contribution in [0, 0.1) is 13.8 Å². The van der Waals surface area contributed by atoms with Gasteiger partial charge in [-0.3, -0.25) is 9.59 Å². The third-order valence-electron chi connectivity index (χ3n) is 5.09. The summed E-state index contributed by atoms with van der Waals surface area (Å²) in [5, 5.41) is 1.50. The van der Waals surface area contributed by atoms with Crippen molar-refractivity contribution >= 4 is 50.9 Å². The van der Waals surface area contributed by atoms with E-state index in [2.05, 4.69) is 15.9 Å². The SMILES string of the molecule is Cc1cc(C)cc(C(=O)N2CCN(C(=O)CCBr)C(c3ccc(Cl)c(Cl)c3)C2)c1. The van der Waals surface area contributed by atoms with E-state index in [0.29, 0.717) is 47.0 Å². The van der Waals surface area contributed by atoms with Gasteiger partial charge in [-0.2, -0.15) is 0 Å². The summed E-state index contributed by atoms with van der Waals surface area (Å²) in [6.45, 7) is 5.36. The van der Waals surface area contributed by atoms with Crippen LogP contribution >= 0.6 is 39.1 Å². The molecule has 1 fully saturated rings. The molecule has 0 spiro atoms. The van der Waals surface area contributed by atoms with Crippen molar-refractivity contribution in [3.05, 3.63) is 68.7 Å². The number of aryl methyl sites for hydroxylation is 2. The van der Waals surface area contributed by atoms with Crippen LogP contribution in [0.3, 0.4) is 0 Å². The van der Waals surface area contributed by atoms with E-state index in [0.717, 1.165) is 16.7 Å². The predicted octanol–water partition coefficient (Wildman–Crippen LogP) is 5.42. The molecule has 0 radical (unpaired) electrons. The van der Waals surface area contributed by atoms with Crippen LogP contribution in [0.15, 0.2) is 36.4 Å². The van der Waals surface area contributed by atoms with Crippen LogP contribution in [0.1, 0.15) is 39.5 Å². The fourth-order valence-corrected chi connectivity index (χ4v) is 4.42. The van der Waals surface area contributed by atoms with Crippen LogP contribution in [-0.4, -0.2) is 46.6 Å². The molecule has 0 bridgehead atoms. The highest BCUT2D eigenvalue weighted by molar-refractivity contribution is 9.09. The van der Waals surface area contributed by atoms with Crippen LogP contribution in [0.2, 0.25) is 10.0 Å². The second-order valence-corrected chi connectivity index (χ2v) is 8.95. The van der Waals surface area contributed by atoms with Gasteiger partial charge in [0.25, 0.3) is 5.91 Å². The number of nitrogens with zero attached hydrogens (tertiary/aromatic N) is 2. The first-order valence-corrected chi connectivity index (χ1v) is 11.4. The molecular formula is C22H23BrCl2N2O2. The molecule has 1 heterocycles. The van der Waals surface area contributed by atoms with E-state index < -0.39 is 0 Å². The summed E-state index contributed by atoms with van der Waals surface area (Å²) < 4.78 is 0. The Morgan fingerprint density at radius 1 is 1.03 bits per heavy atom. The lowest BCUT2D eigenvalue weighted by atomic mass is 10.00. The molecule has 1 aliphatic rings. The average Bonchev–Trinajstić information content (AvgIpc) is 2.68. The Hall–Kier alpha value is -1.56. The largest absolute Gasteiger partial charge is 0.334 e. The average molecular weight is 498 g/mol. The zero-order valence-corrected chi connectivity index (χ0v) is 19.5. The number of carbonyl (C=O) groups excluding carboxylic acids is 2. The van der Waals surface area contributed by atoms with Gasteiger partial charge in [0.05, 0.1) is 16.1 Å². The first-order chi connectivity index (χ1) is 13.8. The zero-order valence-electron chi connectivity index (χ0n) is 16.4. The molecule has 154 valence electrons. The van der Waals surface area contributed by atoms with Crippen molar-refractivity contribution in [2.24, 2.45) is 0 Å². The van der Waals surface area contributed by atoms with Gasteiger partial charge >= 0.3 is 0 Å². The molecule has 2 amide bonds. The van der Waals surface area contributed by atoms with Gasteiger partial charge in [0, 0.05) is 36.9 Å². The maximum Gasteiger partial charge on any atom is 0.254 e. The molecule has 1 aliphatic heterocycles. The van der Waals surface area contributed by atoms with E-state index in [9.17, 15) is 9.59 Å². The molecule has 1 saturated heterocycles. The molecular weight excluding hydrogens is 475 g/mol. The Bertz CT molecular complexity index is 915. The summed E-state index contributed by atoms with van der Waals surface area (Å²) in [6.07, 6.45) is 0.406. The Kier molecular flexibility index (Phi) is 7.25. The van der Waals surface area contributed by atoms with E-state index >= 15 is 0 Å². The molecule has 4 nitrogen and oxygen atoms in total. The molecule has 2 aromatic carbocycles. The number of alkyl halides is 1. The van der Waals surface area contributed by atoms with Crippen molar-refractivity contribution in [1.29, 1.82) is 0 Å². The highest BCUT2D eigenvalue weighted by Gasteiger charge is 2.33. The van der Waals surface area contributed by atoms with Gasteiger partial charge < -0.3 is 9.80 Å². The van der Waals surface area contributed by atoms with Crippen LogP contribution in [-0.2, 0) is 4.79 Å². The molecule has 3 rings (SSSR count). The first kappa shape index (κ1) is 22.1. The highest BCUT2D eigenvalue weighted by atomic mass is 79.9. The quantitative estimate of drug-likeness (QED) is 0.529. The normalized spacial score (nSPS) is 16.8. The minimum Gasteiger partial charge on any atom is -0.334 e. The molecule has 7 heteroatoms. The van der Waals surface area contributed by atoms with Crippen molar-refractivity contribution in [2.75, 3.05) is 25.0 Å². The highest BCUT2D eigenvalue weighted by Crippen LogP contribution is 2.32. The fourth-order valence-electron chi connectivity index (χ4n) is 3.78. The number of carbonyl (C=O) groups is 2. The molecule has 0 N–H and O–H groups in total. The number of benzene rings is 2. The minimum absolute atomic E-state index is 0.0190. The standard InChI is InChI=1S/C22H23BrCl2N2O2/c1-14-9-15(2)11-17(10-14)22(29)26-7-8-27(21(28)5-6-23)20(13-26)16-3-4-18(24)19(25)12-16/h3-4,9-12,20H,5-8,13H2,1-2H3. The molecule has 29 heavy (non-hydrogen) atoms. The van der Waals surface area contributed by atoms with E-state index in [4.69, 9.17) is 23.2 Å². The van der Waals surface area contributed by atoms with Crippen molar-refractivity contribution in [2.45, 2.75) is 26.3 Å². The third-order valence-corrected chi connectivity index (χ3v) is 6.23. The number of hydrogen-bond acceptors (Lipinski definition) is 2. The predicted molar refractivity (Wildman–Crippen MR) is 121 cm³/mol. The smallest absolute Gasteiger partial charge is 0.254 e. The van der Waals surface area contributed by atoms with Gasteiger partial charge in [-0.05, 0) is 43.7 Å². The van der Waals surface area contributed by atoms with Crippen LogP contribution in [0.25, 0.3) is 0 Å². The van der Waals surface area contributed by atoms with Crippen molar-refractivity contribution < 1.29 is 9.59 Å². The topological polar surface area (TPSA) is 40.6 Å². The number of hydrogen-bond donors (Lipinski definition) is 0. The molecule has 0 saturated carbocycles. The maximum atomic E-state index is 13.2. The zero-order chi connectivity index (χ0) is 21.1. The number of halogens is 3. The minimum atomic E-state index is -0.264. The van der Waals surface area contributed by atoms with Crippen LogP contribution in [0.5, 0.6) is 0 Å². The van der Waals surface area contributed by atoms with Crippen LogP contribution < -0.4 is 0 Å². The summed E-state index contributed by atoms with van der Waals surface area (Å²) in [7, 11) is 0. The van der Waals surface area contributed by atoms with Gasteiger partial charge in [-0.15, -0.1) is 0 Å². The van der Waals surface area contributed by atoms with Gasteiger partial charge in [-0.25, -0.2) is 0 Å². The lowest BCUT2D eigenvalue weighted by molar-refractivity contribution is -0.135. The fraction of sp³-hybridized carbons (Fsp3) is 0.364. The summed E-state index contributed by atoms with van der Waals surface area (Å²) >= 11 is 15.6. The van der Waals surface area contributed by atoms with Gasteiger partial charge in [0.15, 0.2) is 0 Å². The Labute approximate surface area is 189 Å². The molecule has 1 unspecified atom stereocenters. The van der Waals surface area contributed by atoms with E-state index in [1.807, 2.05) is 47.9 Å². The Morgan fingerprint density at radius 2 is 1.72 bits per heavy atom. The third kappa shape index (κ3) is 5.14. The van der Waals surface area contributed by atoms with E-state index in [1.54, 1.807) is 12.1 Å². The second kappa shape index (κ2) is 9.50. The van der Waals surface area contributed by atoms with Gasteiger partial charge in [0.2, 0.25) is 5.91 Å². The Balaban J connectivity index is 1.91. The monoisotopic (exact) mass is 496 g/mol. The molecule has 1 atom stereocenters. The van der Waals surface area contributed by atoms with E-state index in [1.165, 1.54) is 0 Å². The molecule has 0 aliphatic carbocycles. The van der Waals surface area contributed by atoms with Gasteiger partial charge in [-0.1, -0.05) is 62.4 Å². The lowest BCUT2D eigenvalue weighted by Crippen LogP contribution is -2.52. The summed E-state index contributed by atoms with van der Waals surface area (Å²) in [6, 6.07) is 11.0. The van der Waals surface area contributed by atoms with E-state index in [-0.39, 0.29) is 17.9 Å². The van der Waals surface area contributed by atoms with Crippen molar-refractivity contribution in [3.63, 3.8) is 0 Å². The summed E-state index contributed by atoms with van der Waals surface area (Å²) in [4.78, 5) is 29.5. The van der Waals surface area contributed by atoms with Gasteiger partial charge in [0.1, 0.15) is 0 Å². The number of rotatable bonds is 4. The van der Waals surface area contributed by atoms with Crippen molar-refractivity contribution in [3.8, 4) is 0 Å². The second-order valence-electron chi connectivity index (χ2n) is 7.34. The molecule has 0 aromatic heterocycles. The first-order valence-electron chi connectivity index (χ1n) is 9.48. The lowest BCUT2D eigenvalue weighted by Gasteiger charge is -2.42. The Morgan fingerprint density at radius 3 is 2.34 bits per heavy atom. The number of piperazine rings is 1. The molecule has 2 aromatic rings. The maximum absolute atomic E-state index is 13.2. The number of amides is 2. The summed E-state index contributed by atoms with van der Waals surface area (Å²) in [5.74, 6) is 0.0332. The van der Waals surface area contributed by atoms with Crippen LogP contribution in [0.4, 0.5) is 0 Å². The van der Waals surface area contributed by atoms with Crippen molar-refractivity contribution in [1.82, 2.24) is 9.80 Å².